The van der Waals surface area contributed by atoms with Crippen LogP contribution in [0.15, 0.2) is 22.9 Å². The molecule has 3 saturated heterocycles. The molecule has 3 aliphatic rings. The van der Waals surface area contributed by atoms with Gasteiger partial charge in [0.2, 0.25) is 0 Å². The number of aromatic nitrogens is 1. The smallest absolute Gasteiger partial charge is 0.159 e. The fraction of sp³-hybridized carbons (Fsp3) is 0.643. The van der Waals surface area contributed by atoms with E-state index in [9.17, 15) is 0 Å². The van der Waals surface area contributed by atoms with E-state index in [1.807, 2.05) is 12.1 Å². The lowest BCUT2D eigenvalue weighted by Crippen LogP contribution is -2.37. The van der Waals surface area contributed by atoms with Crippen molar-refractivity contribution in [2.75, 3.05) is 13.1 Å². The van der Waals surface area contributed by atoms with Crippen LogP contribution in [0.25, 0.3) is 6.08 Å². The number of rotatable bonds is 3. The van der Waals surface area contributed by atoms with Crippen molar-refractivity contribution in [3.8, 4) is 0 Å². The molecule has 1 unspecified atom stereocenters. The summed E-state index contributed by atoms with van der Waals surface area (Å²) in [5.41, 5.74) is 0. The summed E-state index contributed by atoms with van der Waals surface area (Å²) < 4.78 is 5.06. The fourth-order valence-corrected chi connectivity index (χ4v) is 3.14. The van der Waals surface area contributed by atoms with Crippen molar-refractivity contribution in [2.24, 2.45) is 5.92 Å². The van der Waals surface area contributed by atoms with Crippen molar-refractivity contribution < 1.29 is 4.52 Å². The molecule has 0 spiro atoms. The molecule has 0 amide bonds. The van der Waals surface area contributed by atoms with Crippen molar-refractivity contribution in [1.29, 1.82) is 0 Å². The molecule has 0 saturated carbocycles. The number of hydrogen-bond donors (Lipinski definition) is 0. The summed E-state index contributed by atoms with van der Waals surface area (Å²) in [5.74, 6) is 1.87. The van der Waals surface area contributed by atoms with E-state index in [1.165, 1.54) is 38.8 Å². The second-order valence-electron chi connectivity index (χ2n) is 5.26. The van der Waals surface area contributed by atoms with Gasteiger partial charge in [-0.05, 0) is 57.2 Å². The molecule has 1 atom stereocenters. The van der Waals surface area contributed by atoms with Crippen LogP contribution in [0.2, 0.25) is 0 Å². The predicted molar refractivity (Wildman–Crippen MR) is 67.5 cm³/mol. The highest BCUT2D eigenvalue weighted by Crippen LogP contribution is 2.31. The lowest BCUT2D eigenvalue weighted by atomic mass is 9.95. The van der Waals surface area contributed by atoms with Crippen molar-refractivity contribution in [2.45, 2.75) is 38.1 Å². The van der Waals surface area contributed by atoms with Crippen LogP contribution in [0.3, 0.4) is 0 Å². The molecule has 2 bridgehead atoms. The van der Waals surface area contributed by atoms with E-state index in [-0.39, 0.29) is 0 Å². The first-order chi connectivity index (χ1) is 8.42. The predicted octanol–water partition coefficient (Wildman–Crippen LogP) is 2.95. The van der Waals surface area contributed by atoms with E-state index in [4.69, 9.17) is 4.52 Å². The Morgan fingerprint density at radius 1 is 1.29 bits per heavy atom. The number of fused-ring (bicyclic) bond motifs is 4. The van der Waals surface area contributed by atoms with Gasteiger partial charge in [-0.25, -0.2) is 0 Å². The van der Waals surface area contributed by atoms with Gasteiger partial charge in [0, 0.05) is 12.1 Å². The molecule has 1 aromatic rings. The van der Waals surface area contributed by atoms with Gasteiger partial charge >= 0.3 is 0 Å². The van der Waals surface area contributed by atoms with E-state index in [1.54, 1.807) is 6.20 Å². The molecule has 0 radical (unpaired) electrons. The van der Waals surface area contributed by atoms with E-state index < -0.39 is 0 Å². The first kappa shape index (κ1) is 11.0. The average molecular weight is 232 g/mol. The molecule has 92 valence electrons. The second-order valence-corrected chi connectivity index (χ2v) is 5.26. The van der Waals surface area contributed by atoms with Crippen molar-refractivity contribution in [3.05, 3.63) is 24.1 Å². The minimum Gasteiger partial charge on any atom is -0.357 e. The van der Waals surface area contributed by atoms with Crippen LogP contribution in [0.4, 0.5) is 0 Å². The SMILES string of the molecule is C(=C\c1ccno1)/CC1CCC2CCN1CC2. The maximum Gasteiger partial charge on any atom is 0.159 e. The molecule has 0 aliphatic carbocycles. The highest BCUT2D eigenvalue weighted by atomic mass is 16.5. The molecule has 3 aliphatic heterocycles. The summed E-state index contributed by atoms with van der Waals surface area (Å²) in [7, 11) is 0. The molecular formula is C14H20N2O. The zero-order valence-corrected chi connectivity index (χ0v) is 10.2. The maximum absolute atomic E-state index is 5.06. The van der Waals surface area contributed by atoms with Crippen LogP contribution < -0.4 is 0 Å². The Hall–Kier alpha value is -1.09. The lowest BCUT2D eigenvalue weighted by molar-refractivity contribution is 0.170. The van der Waals surface area contributed by atoms with Gasteiger partial charge in [0.25, 0.3) is 0 Å². The highest BCUT2D eigenvalue weighted by Gasteiger charge is 2.28. The minimum absolute atomic E-state index is 0.752. The van der Waals surface area contributed by atoms with Gasteiger partial charge in [0.1, 0.15) is 0 Å². The van der Waals surface area contributed by atoms with Crippen LogP contribution in [0.1, 0.15) is 37.9 Å². The molecule has 0 aromatic carbocycles. The maximum atomic E-state index is 5.06. The third kappa shape index (κ3) is 2.60. The Kier molecular flexibility index (Phi) is 3.27. The molecule has 3 fully saturated rings. The Labute approximate surface area is 102 Å². The third-order valence-electron chi connectivity index (χ3n) is 4.22. The quantitative estimate of drug-likeness (QED) is 0.802. The summed E-state index contributed by atoms with van der Waals surface area (Å²) in [6.07, 6.45) is 12.8. The van der Waals surface area contributed by atoms with E-state index in [2.05, 4.69) is 16.1 Å². The van der Waals surface area contributed by atoms with Crippen molar-refractivity contribution in [1.82, 2.24) is 10.1 Å². The highest BCUT2D eigenvalue weighted by molar-refractivity contribution is 5.41. The average Bonchev–Trinajstić information content (AvgIpc) is 2.73. The summed E-state index contributed by atoms with van der Waals surface area (Å²) in [4.78, 5) is 2.67. The van der Waals surface area contributed by atoms with Gasteiger partial charge in [-0.3, -0.25) is 0 Å². The molecule has 4 rings (SSSR count). The monoisotopic (exact) mass is 232 g/mol. The molecule has 3 nitrogen and oxygen atoms in total. The second kappa shape index (κ2) is 5.05. The Morgan fingerprint density at radius 2 is 2.18 bits per heavy atom. The van der Waals surface area contributed by atoms with Gasteiger partial charge in [-0.1, -0.05) is 11.2 Å². The number of nitrogens with zero attached hydrogens (tertiary/aromatic N) is 2. The molecule has 0 N–H and O–H groups in total. The molecule has 3 heteroatoms. The van der Waals surface area contributed by atoms with Crippen molar-refractivity contribution in [3.63, 3.8) is 0 Å². The number of hydrogen-bond acceptors (Lipinski definition) is 3. The van der Waals surface area contributed by atoms with Crippen LogP contribution >= 0.6 is 0 Å². The first-order valence-corrected chi connectivity index (χ1v) is 6.73. The van der Waals surface area contributed by atoms with Crippen LogP contribution in [-0.4, -0.2) is 29.2 Å². The van der Waals surface area contributed by atoms with E-state index in [0.29, 0.717) is 0 Å². The molecule has 4 heterocycles. The zero-order chi connectivity index (χ0) is 11.5. The van der Waals surface area contributed by atoms with Gasteiger partial charge in [-0.15, -0.1) is 0 Å². The van der Waals surface area contributed by atoms with Crippen molar-refractivity contribution >= 4 is 6.08 Å². The first-order valence-electron chi connectivity index (χ1n) is 6.73. The molecule has 17 heavy (non-hydrogen) atoms. The molecule has 1 aromatic heterocycles. The zero-order valence-electron chi connectivity index (χ0n) is 10.2. The Balaban J connectivity index is 1.57. The van der Waals surface area contributed by atoms with E-state index >= 15 is 0 Å². The number of piperidine rings is 1. The molecular weight excluding hydrogens is 212 g/mol. The standard InChI is InChI=1S/C14H20N2O/c1(3-14-6-9-15-17-14)2-13-5-4-12-7-10-16(13)11-8-12/h1,3,6,9,12-13H,2,4-5,7-8,10-11H2/b3-1+. The summed E-state index contributed by atoms with van der Waals surface area (Å²) in [6.45, 7) is 2.62. The lowest BCUT2D eigenvalue weighted by Gasteiger charge is -2.31. The van der Waals surface area contributed by atoms with Gasteiger partial charge in [0.05, 0.1) is 6.20 Å². The fourth-order valence-electron chi connectivity index (χ4n) is 3.14. The van der Waals surface area contributed by atoms with Gasteiger partial charge in [0.15, 0.2) is 5.76 Å². The summed E-state index contributed by atoms with van der Waals surface area (Å²) in [6, 6.07) is 2.65. The summed E-state index contributed by atoms with van der Waals surface area (Å²) >= 11 is 0. The topological polar surface area (TPSA) is 29.3 Å². The largest absolute Gasteiger partial charge is 0.357 e. The minimum atomic E-state index is 0.752. The summed E-state index contributed by atoms with van der Waals surface area (Å²) in [5, 5.41) is 3.70. The Bertz CT molecular complexity index is 364. The third-order valence-corrected chi connectivity index (χ3v) is 4.22. The normalized spacial score (nSPS) is 33.1. The van der Waals surface area contributed by atoms with E-state index in [0.717, 1.165) is 24.1 Å². The van der Waals surface area contributed by atoms with Gasteiger partial charge in [-0.2, -0.15) is 0 Å². The van der Waals surface area contributed by atoms with Gasteiger partial charge < -0.3 is 9.42 Å². The van der Waals surface area contributed by atoms with Crippen LogP contribution in [0.5, 0.6) is 0 Å². The Morgan fingerprint density at radius 3 is 2.94 bits per heavy atom. The van der Waals surface area contributed by atoms with Crippen LogP contribution in [0, 0.1) is 5.92 Å². The van der Waals surface area contributed by atoms with Crippen LogP contribution in [-0.2, 0) is 0 Å².